The van der Waals surface area contributed by atoms with E-state index < -0.39 is 5.54 Å². The second-order valence-electron chi connectivity index (χ2n) is 5.14. The quantitative estimate of drug-likeness (QED) is 0.803. The minimum atomic E-state index is -0.752. The van der Waals surface area contributed by atoms with Gasteiger partial charge in [-0.1, -0.05) is 19.3 Å². The van der Waals surface area contributed by atoms with Crippen molar-refractivity contribution in [1.29, 1.82) is 0 Å². The van der Waals surface area contributed by atoms with Crippen molar-refractivity contribution in [2.75, 3.05) is 12.4 Å². The van der Waals surface area contributed by atoms with Gasteiger partial charge in [-0.3, -0.25) is 4.79 Å². The molecule has 1 aromatic carbocycles. The molecule has 0 unspecified atom stereocenters. The zero-order valence-corrected chi connectivity index (χ0v) is 14.5. The Hall–Kier alpha value is -0.590. The zero-order chi connectivity index (χ0) is 14.8. The number of carbonyl (C=O) groups is 1. The van der Waals surface area contributed by atoms with E-state index >= 15 is 0 Å². The summed E-state index contributed by atoms with van der Waals surface area (Å²) in [6, 6.07) is 3.62. The first kappa shape index (κ1) is 15.8. The summed E-state index contributed by atoms with van der Waals surface area (Å²) in [6.45, 7) is 0. The van der Waals surface area contributed by atoms with Gasteiger partial charge in [0.1, 0.15) is 5.75 Å². The van der Waals surface area contributed by atoms with Crippen molar-refractivity contribution in [3.8, 4) is 5.75 Å². The SMILES string of the molecule is COc1cc(NC(=O)C2(N)CCCCC2)c(Br)cc1Br. The van der Waals surface area contributed by atoms with E-state index in [1.807, 2.05) is 6.07 Å². The molecule has 3 N–H and O–H groups in total. The number of hydrogen-bond donors (Lipinski definition) is 2. The molecule has 1 aromatic rings. The molecule has 1 saturated carbocycles. The summed E-state index contributed by atoms with van der Waals surface area (Å²) in [5.41, 5.74) is 6.15. The molecule has 2 rings (SSSR count). The molecule has 0 radical (unpaired) electrons. The van der Waals surface area contributed by atoms with Gasteiger partial charge in [-0.25, -0.2) is 0 Å². The van der Waals surface area contributed by atoms with Gasteiger partial charge in [0.15, 0.2) is 0 Å². The van der Waals surface area contributed by atoms with Crippen molar-refractivity contribution < 1.29 is 9.53 Å². The monoisotopic (exact) mass is 404 g/mol. The number of rotatable bonds is 3. The largest absolute Gasteiger partial charge is 0.495 e. The third-order valence-electron chi connectivity index (χ3n) is 3.69. The van der Waals surface area contributed by atoms with E-state index in [9.17, 15) is 4.79 Å². The number of hydrogen-bond acceptors (Lipinski definition) is 3. The van der Waals surface area contributed by atoms with Crippen molar-refractivity contribution in [2.24, 2.45) is 5.73 Å². The van der Waals surface area contributed by atoms with Crippen LogP contribution < -0.4 is 15.8 Å². The van der Waals surface area contributed by atoms with Gasteiger partial charge in [0.2, 0.25) is 5.91 Å². The van der Waals surface area contributed by atoms with Crippen LogP contribution in [0.15, 0.2) is 21.1 Å². The molecule has 1 aliphatic rings. The highest BCUT2D eigenvalue weighted by molar-refractivity contribution is 9.11. The van der Waals surface area contributed by atoms with Crippen LogP contribution in [0.25, 0.3) is 0 Å². The smallest absolute Gasteiger partial charge is 0.244 e. The van der Waals surface area contributed by atoms with Crippen molar-refractivity contribution >= 4 is 43.5 Å². The second kappa shape index (κ2) is 6.45. The highest BCUT2D eigenvalue weighted by atomic mass is 79.9. The van der Waals surface area contributed by atoms with Crippen LogP contribution in [0.5, 0.6) is 5.75 Å². The average molecular weight is 406 g/mol. The standard InChI is InChI=1S/C14H18Br2N2O2/c1-20-12-8-11(9(15)7-10(12)16)18-13(19)14(17)5-3-2-4-6-14/h7-8H,2-6,17H2,1H3,(H,18,19). The summed E-state index contributed by atoms with van der Waals surface area (Å²) in [6.07, 6.45) is 4.65. The molecule has 1 amide bonds. The molecule has 0 spiro atoms. The molecule has 0 aromatic heterocycles. The second-order valence-corrected chi connectivity index (χ2v) is 6.85. The Balaban J connectivity index is 2.19. The summed E-state index contributed by atoms with van der Waals surface area (Å²) >= 11 is 6.84. The normalized spacial score (nSPS) is 17.6. The lowest BCUT2D eigenvalue weighted by Gasteiger charge is -2.32. The van der Waals surface area contributed by atoms with E-state index in [4.69, 9.17) is 10.5 Å². The Morgan fingerprint density at radius 2 is 1.90 bits per heavy atom. The maximum atomic E-state index is 12.4. The van der Waals surface area contributed by atoms with Gasteiger partial charge in [0.05, 0.1) is 22.8 Å². The highest BCUT2D eigenvalue weighted by Gasteiger charge is 2.35. The van der Waals surface area contributed by atoms with Crippen LogP contribution in [-0.2, 0) is 4.79 Å². The van der Waals surface area contributed by atoms with Crippen molar-refractivity contribution in [3.05, 3.63) is 21.1 Å². The van der Waals surface area contributed by atoms with Crippen LogP contribution in [0.2, 0.25) is 0 Å². The van der Waals surface area contributed by atoms with Crippen LogP contribution in [0.4, 0.5) is 5.69 Å². The molecule has 0 heterocycles. The van der Waals surface area contributed by atoms with Crippen molar-refractivity contribution in [2.45, 2.75) is 37.6 Å². The molecule has 20 heavy (non-hydrogen) atoms. The van der Waals surface area contributed by atoms with Crippen LogP contribution in [-0.4, -0.2) is 18.6 Å². The van der Waals surface area contributed by atoms with Gasteiger partial charge in [-0.15, -0.1) is 0 Å². The van der Waals surface area contributed by atoms with Gasteiger partial charge in [0, 0.05) is 10.5 Å². The van der Waals surface area contributed by atoms with Crippen molar-refractivity contribution in [3.63, 3.8) is 0 Å². The van der Waals surface area contributed by atoms with Gasteiger partial charge in [-0.05, 0) is 50.8 Å². The average Bonchev–Trinajstić information content (AvgIpc) is 2.42. The lowest BCUT2D eigenvalue weighted by atomic mass is 9.82. The molecule has 0 atom stereocenters. The number of benzene rings is 1. The summed E-state index contributed by atoms with van der Waals surface area (Å²) in [4.78, 5) is 12.4. The first-order valence-corrected chi connectivity index (χ1v) is 8.18. The minimum absolute atomic E-state index is 0.123. The fourth-order valence-corrected chi connectivity index (χ4v) is 3.69. The lowest BCUT2D eigenvalue weighted by Crippen LogP contribution is -2.52. The van der Waals surface area contributed by atoms with Gasteiger partial charge < -0.3 is 15.8 Å². The molecular formula is C14H18Br2N2O2. The topological polar surface area (TPSA) is 64.3 Å². The maximum absolute atomic E-state index is 12.4. The fraction of sp³-hybridized carbons (Fsp3) is 0.500. The number of ether oxygens (including phenoxy) is 1. The Morgan fingerprint density at radius 3 is 2.50 bits per heavy atom. The molecule has 0 bridgehead atoms. The van der Waals surface area contributed by atoms with E-state index in [1.54, 1.807) is 13.2 Å². The number of amides is 1. The van der Waals surface area contributed by atoms with E-state index in [0.29, 0.717) is 11.4 Å². The first-order chi connectivity index (χ1) is 9.46. The molecular weight excluding hydrogens is 388 g/mol. The summed E-state index contributed by atoms with van der Waals surface area (Å²) < 4.78 is 6.86. The minimum Gasteiger partial charge on any atom is -0.495 e. The zero-order valence-electron chi connectivity index (χ0n) is 11.3. The summed E-state index contributed by atoms with van der Waals surface area (Å²) in [7, 11) is 1.59. The number of carbonyl (C=O) groups excluding carboxylic acids is 1. The van der Waals surface area contributed by atoms with Gasteiger partial charge in [0.25, 0.3) is 0 Å². The molecule has 0 aliphatic heterocycles. The van der Waals surface area contributed by atoms with Crippen LogP contribution in [0, 0.1) is 0 Å². The predicted octanol–water partition coefficient (Wildman–Crippen LogP) is 3.82. The Morgan fingerprint density at radius 1 is 1.25 bits per heavy atom. The predicted molar refractivity (Wildman–Crippen MR) is 87.0 cm³/mol. The van der Waals surface area contributed by atoms with Gasteiger partial charge in [-0.2, -0.15) is 0 Å². The fourth-order valence-electron chi connectivity index (χ4n) is 2.44. The number of nitrogens with one attached hydrogen (secondary N) is 1. The van der Waals surface area contributed by atoms with E-state index in [1.165, 1.54) is 0 Å². The Bertz CT molecular complexity index is 514. The number of halogens is 2. The molecule has 110 valence electrons. The van der Waals surface area contributed by atoms with E-state index in [0.717, 1.165) is 41.0 Å². The molecule has 1 fully saturated rings. The third-order valence-corrected chi connectivity index (χ3v) is 4.96. The third kappa shape index (κ3) is 3.35. The van der Waals surface area contributed by atoms with Crippen LogP contribution in [0.1, 0.15) is 32.1 Å². The molecule has 6 heteroatoms. The van der Waals surface area contributed by atoms with Crippen molar-refractivity contribution in [1.82, 2.24) is 0 Å². The summed E-state index contributed by atoms with van der Waals surface area (Å²) in [5, 5.41) is 2.91. The van der Waals surface area contributed by atoms with Crippen LogP contribution >= 0.6 is 31.9 Å². The number of anilines is 1. The molecule has 4 nitrogen and oxygen atoms in total. The number of nitrogens with two attached hydrogens (primary N) is 1. The van der Waals surface area contributed by atoms with E-state index in [2.05, 4.69) is 37.2 Å². The Labute approximate surface area is 135 Å². The van der Waals surface area contributed by atoms with E-state index in [-0.39, 0.29) is 5.91 Å². The maximum Gasteiger partial charge on any atom is 0.244 e. The number of methoxy groups -OCH3 is 1. The first-order valence-electron chi connectivity index (χ1n) is 6.59. The Kier molecular flexibility index (Phi) is 5.09. The molecule has 1 aliphatic carbocycles. The highest BCUT2D eigenvalue weighted by Crippen LogP contribution is 2.35. The van der Waals surface area contributed by atoms with Gasteiger partial charge >= 0.3 is 0 Å². The molecule has 0 saturated heterocycles. The van der Waals surface area contributed by atoms with Crippen LogP contribution in [0.3, 0.4) is 0 Å². The lowest BCUT2D eigenvalue weighted by molar-refractivity contribution is -0.122. The summed E-state index contributed by atoms with van der Waals surface area (Å²) in [5.74, 6) is 0.542.